The van der Waals surface area contributed by atoms with E-state index in [4.69, 9.17) is 16.7 Å². The minimum atomic E-state index is -5.05. The third-order valence-electron chi connectivity index (χ3n) is 3.19. The number of nitrogens with zero attached hydrogens (tertiary/aromatic N) is 2. The number of hydrogen-bond acceptors (Lipinski definition) is 5. The molecule has 0 unspecified atom stereocenters. The Bertz CT molecular complexity index is 743. The summed E-state index contributed by atoms with van der Waals surface area (Å²) in [7, 11) is 0. The van der Waals surface area contributed by atoms with Crippen LogP contribution in [-0.2, 0) is 25.4 Å². The van der Waals surface area contributed by atoms with Crippen LogP contribution in [0.25, 0.3) is 0 Å². The van der Waals surface area contributed by atoms with Crippen LogP contribution in [0.5, 0.6) is 0 Å². The maximum atomic E-state index is 13.4. The SMILES string of the molecule is O=CN(c1ncc(NC(=O)CCl)cc1C(F)(F)F)[C@@H](CCC(=O)O)C(=O)O. The number of rotatable bonds is 9. The molecule has 1 heterocycles. The van der Waals surface area contributed by atoms with Crippen molar-refractivity contribution in [1.29, 1.82) is 0 Å². The van der Waals surface area contributed by atoms with Crippen molar-refractivity contribution >= 4 is 47.4 Å². The van der Waals surface area contributed by atoms with E-state index in [-0.39, 0.29) is 17.0 Å². The Morgan fingerprint density at radius 2 is 1.96 bits per heavy atom. The Morgan fingerprint density at radius 1 is 1.33 bits per heavy atom. The van der Waals surface area contributed by atoms with Gasteiger partial charge in [-0.25, -0.2) is 9.78 Å². The number of aromatic nitrogens is 1. The number of carboxylic acids is 2. The summed E-state index contributed by atoms with van der Waals surface area (Å²) in [6.45, 7) is 0. The third-order valence-corrected chi connectivity index (χ3v) is 3.43. The molecule has 1 aromatic heterocycles. The minimum Gasteiger partial charge on any atom is -0.481 e. The van der Waals surface area contributed by atoms with Gasteiger partial charge in [0.15, 0.2) is 0 Å². The number of hydrogen-bond donors (Lipinski definition) is 3. The minimum absolute atomic E-state index is 0.182. The average Bonchev–Trinajstić information content (AvgIpc) is 2.57. The van der Waals surface area contributed by atoms with Crippen molar-refractivity contribution in [3.8, 4) is 0 Å². The summed E-state index contributed by atoms with van der Waals surface area (Å²) in [6.07, 6.45) is -5.81. The van der Waals surface area contributed by atoms with Gasteiger partial charge in [-0.05, 0) is 12.5 Å². The molecule has 0 bridgehead atoms. The van der Waals surface area contributed by atoms with Gasteiger partial charge in [0, 0.05) is 6.42 Å². The molecule has 148 valence electrons. The summed E-state index contributed by atoms with van der Waals surface area (Å²) in [6, 6.07) is -1.44. The Labute approximate surface area is 154 Å². The Hall–Kier alpha value is -2.89. The van der Waals surface area contributed by atoms with Crippen molar-refractivity contribution in [2.45, 2.75) is 25.1 Å². The van der Waals surface area contributed by atoms with Crippen LogP contribution in [0.4, 0.5) is 24.7 Å². The number of pyridine rings is 1. The lowest BCUT2D eigenvalue weighted by atomic mass is 10.1. The van der Waals surface area contributed by atoms with E-state index in [1.807, 2.05) is 5.32 Å². The van der Waals surface area contributed by atoms with Gasteiger partial charge in [0.05, 0.1) is 11.9 Å². The highest BCUT2D eigenvalue weighted by molar-refractivity contribution is 6.29. The quantitative estimate of drug-likeness (QED) is 0.414. The first-order valence-corrected chi connectivity index (χ1v) is 7.66. The van der Waals surface area contributed by atoms with E-state index in [0.29, 0.717) is 6.07 Å². The van der Waals surface area contributed by atoms with Crippen LogP contribution < -0.4 is 10.2 Å². The second kappa shape index (κ2) is 9.16. The molecule has 0 saturated carbocycles. The number of aliphatic carboxylic acids is 2. The van der Waals surface area contributed by atoms with Crippen LogP contribution in [0, 0.1) is 0 Å². The summed E-state index contributed by atoms with van der Waals surface area (Å²) in [5.74, 6) is -5.48. The van der Waals surface area contributed by atoms with E-state index in [1.165, 1.54) is 0 Å². The lowest BCUT2D eigenvalue weighted by Crippen LogP contribution is -2.42. The normalized spacial score (nSPS) is 12.1. The molecule has 0 saturated heterocycles. The van der Waals surface area contributed by atoms with E-state index >= 15 is 0 Å². The molecule has 1 rings (SSSR count). The molecule has 2 amide bonds. The molecule has 0 fully saturated rings. The van der Waals surface area contributed by atoms with Crippen molar-refractivity contribution in [1.82, 2.24) is 4.98 Å². The lowest BCUT2D eigenvalue weighted by Gasteiger charge is -2.26. The van der Waals surface area contributed by atoms with Crippen molar-refractivity contribution in [3.63, 3.8) is 0 Å². The molecular weight excluding hydrogens is 399 g/mol. The zero-order valence-corrected chi connectivity index (χ0v) is 14.1. The van der Waals surface area contributed by atoms with E-state index in [9.17, 15) is 37.5 Å². The van der Waals surface area contributed by atoms with Crippen LogP contribution in [0.3, 0.4) is 0 Å². The van der Waals surface area contributed by atoms with Gasteiger partial charge < -0.3 is 15.5 Å². The molecule has 9 nitrogen and oxygen atoms in total. The number of nitrogens with one attached hydrogen (secondary N) is 1. The maximum Gasteiger partial charge on any atom is 0.420 e. The topological polar surface area (TPSA) is 137 Å². The Morgan fingerprint density at radius 3 is 2.41 bits per heavy atom. The lowest BCUT2D eigenvalue weighted by molar-refractivity contribution is -0.142. The first-order valence-electron chi connectivity index (χ1n) is 7.12. The van der Waals surface area contributed by atoms with Crippen LogP contribution >= 0.6 is 11.6 Å². The fourth-order valence-corrected chi connectivity index (χ4v) is 2.11. The number of carbonyl (C=O) groups is 4. The fourth-order valence-electron chi connectivity index (χ4n) is 2.05. The Balaban J connectivity index is 3.41. The molecular formula is C14H13ClF3N3O6. The predicted octanol–water partition coefficient (Wildman–Crippen LogP) is 1.56. The van der Waals surface area contributed by atoms with E-state index in [1.54, 1.807) is 0 Å². The zero-order chi connectivity index (χ0) is 20.8. The third kappa shape index (κ3) is 6.09. The number of carbonyl (C=O) groups excluding carboxylic acids is 2. The van der Waals surface area contributed by atoms with Gasteiger partial charge in [-0.3, -0.25) is 19.3 Å². The number of amides is 2. The van der Waals surface area contributed by atoms with Crippen molar-refractivity contribution in [2.75, 3.05) is 16.1 Å². The molecule has 13 heteroatoms. The Kier molecular flexibility index (Phi) is 7.52. The number of anilines is 2. The summed E-state index contributed by atoms with van der Waals surface area (Å²) < 4.78 is 40.1. The standard InChI is InChI=1S/C14H13ClF3N3O6/c15-4-10(23)20-7-3-8(14(16,17)18)12(19-5-7)21(6-22)9(13(26)27)1-2-11(24)25/h3,5-6,9H,1-2,4H2,(H,20,23)(H,24,25)(H,26,27)/t9-/m0/s1. The molecule has 1 atom stereocenters. The number of carboxylic acid groups (broad SMARTS) is 2. The average molecular weight is 412 g/mol. The summed E-state index contributed by atoms with van der Waals surface area (Å²) in [5, 5.41) is 19.9. The highest BCUT2D eigenvalue weighted by atomic mass is 35.5. The van der Waals surface area contributed by atoms with E-state index in [0.717, 1.165) is 6.20 Å². The summed E-state index contributed by atoms with van der Waals surface area (Å²) >= 11 is 5.25. The smallest absolute Gasteiger partial charge is 0.420 e. The molecule has 0 aliphatic rings. The predicted molar refractivity (Wildman–Crippen MR) is 85.4 cm³/mol. The van der Waals surface area contributed by atoms with Gasteiger partial charge >= 0.3 is 18.1 Å². The molecule has 27 heavy (non-hydrogen) atoms. The highest BCUT2D eigenvalue weighted by Gasteiger charge is 2.39. The zero-order valence-electron chi connectivity index (χ0n) is 13.4. The van der Waals surface area contributed by atoms with Gasteiger partial charge in [-0.1, -0.05) is 0 Å². The van der Waals surface area contributed by atoms with Gasteiger partial charge in [-0.15, -0.1) is 11.6 Å². The van der Waals surface area contributed by atoms with Gasteiger partial charge in [0.2, 0.25) is 12.3 Å². The van der Waals surface area contributed by atoms with Crippen molar-refractivity contribution in [2.24, 2.45) is 0 Å². The van der Waals surface area contributed by atoms with Crippen LogP contribution in [-0.4, -0.2) is 51.4 Å². The van der Waals surface area contributed by atoms with Crippen LogP contribution in [0.2, 0.25) is 0 Å². The van der Waals surface area contributed by atoms with Crippen molar-refractivity contribution in [3.05, 3.63) is 17.8 Å². The first-order chi connectivity index (χ1) is 12.5. The van der Waals surface area contributed by atoms with Crippen LogP contribution in [0.1, 0.15) is 18.4 Å². The second-order valence-electron chi connectivity index (χ2n) is 5.07. The first kappa shape index (κ1) is 22.2. The molecule has 0 aromatic carbocycles. The van der Waals surface area contributed by atoms with Gasteiger partial charge in [0.1, 0.15) is 23.3 Å². The number of halogens is 4. The molecule has 0 radical (unpaired) electrons. The molecule has 1 aromatic rings. The summed E-state index contributed by atoms with van der Waals surface area (Å²) in [5.41, 5.74) is -1.87. The molecule has 0 aliphatic heterocycles. The van der Waals surface area contributed by atoms with Crippen LogP contribution in [0.15, 0.2) is 12.3 Å². The fraction of sp³-hybridized carbons (Fsp3) is 0.357. The van der Waals surface area contributed by atoms with Gasteiger partial charge in [-0.2, -0.15) is 13.2 Å². The van der Waals surface area contributed by atoms with E-state index < -0.39 is 60.2 Å². The second-order valence-corrected chi connectivity index (χ2v) is 5.34. The maximum absolute atomic E-state index is 13.4. The molecule has 3 N–H and O–H groups in total. The van der Waals surface area contributed by atoms with E-state index in [2.05, 4.69) is 4.98 Å². The highest BCUT2D eigenvalue weighted by Crippen LogP contribution is 2.37. The van der Waals surface area contributed by atoms with Gasteiger partial charge in [0.25, 0.3) is 0 Å². The molecule has 0 spiro atoms. The molecule has 0 aliphatic carbocycles. The summed E-state index contributed by atoms with van der Waals surface area (Å²) in [4.78, 5) is 48.1. The largest absolute Gasteiger partial charge is 0.481 e. The monoisotopic (exact) mass is 411 g/mol. The van der Waals surface area contributed by atoms with Crippen molar-refractivity contribution < 1.29 is 42.6 Å². The number of alkyl halides is 4.